The van der Waals surface area contributed by atoms with Crippen molar-refractivity contribution in [1.82, 2.24) is 4.98 Å². The second-order valence-corrected chi connectivity index (χ2v) is 5.43. The molecule has 2 aromatic rings. The molecule has 20 heavy (non-hydrogen) atoms. The number of nitrogens with one attached hydrogen (secondary N) is 2. The largest absolute Gasteiger partial charge is 0.325 e. The van der Waals surface area contributed by atoms with E-state index in [1.807, 2.05) is 12.1 Å². The van der Waals surface area contributed by atoms with Crippen LogP contribution >= 0.6 is 27.3 Å². The van der Waals surface area contributed by atoms with Crippen molar-refractivity contribution in [2.75, 3.05) is 10.6 Å². The normalized spacial score (nSPS) is 10.4. The Balaban J connectivity index is 1.94. The number of amides is 2. The second kappa shape index (κ2) is 6.97. The van der Waals surface area contributed by atoms with Gasteiger partial charge in [-0.1, -0.05) is 15.9 Å². The van der Waals surface area contributed by atoms with Crippen LogP contribution in [0.25, 0.3) is 6.08 Å². The summed E-state index contributed by atoms with van der Waals surface area (Å²) in [7, 11) is 0. The van der Waals surface area contributed by atoms with Gasteiger partial charge in [0.15, 0.2) is 5.13 Å². The van der Waals surface area contributed by atoms with E-state index in [1.165, 1.54) is 17.4 Å². The van der Waals surface area contributed by atoms with Crippen LogP contribution in [0.15, 0.2) is 40.2 Å². The molecule has 0 bridgehead atoms. The van der Waals surface area contributed by atoms with E-state index in [0.717, 1.165) is 4.47 Å². The van der Waals surface area contributed by atoms with Gasteiger partial charge in [0.1, 0.15) is 6.29 Å². The van der Waals surface area contributed by atoms with Gasteiger partial charge in [0.2, 0.25) is 0 Å². The maximum atomic E-state index is 11.7. The minimum atomic E-state index is -0.368. The summed E-state index contributed by atoms with van der Waals surface area (Å²) in [6, 6.07) is 6.86. The highest BCUT2D eigenvalue weighted by Gasteiger charge is 2.05. The first-order chi connectivity index (χ1) is 9.67. The number of nitrogens with zero attached hydrogens (tertiary/aromatic N) is 1. The Bertz CT molecular complexity index is 637. The van der Waals surface area contributed by atoms with E-state index in [2.05, 4.69) is 31.5 Å². The van der Waals surface area contributed by atoms with E-state index in [4.69, 9.17) is 0 Å². The van der Waals surface area contributed by atoms with Gasteiger partial charge in [0, 0.05) is 15.5 Å². The first-order valence-electron chi connectivity index (χ1n) is 5.58. The molecule has 0 unspecified atom stereocenters. The quantitative estimate of drug-likeness (QED) is 0.650. The molecular weight excluding hydrogens is 342 g/mol. The Hall–Kier alpha value is -1.99. The molecule has 2 N–H and O–H groups in total. The molecule has 0 fully saturated rings. The Kier molecular flexibility index (Phi) is 5.03. The van der Waals surface area contributed by atoms with Crippen LogP contribution in [0.1, 0.15) is 5.69 Å². The van der Waals surface area contributed by atoms with Crippen LogP contribution < -0.4 is 10.6 Å². The highest BCUT2D eigenvalue weighted by Crippen LogP contribution is 2.17. The Morgan fingerprint density at radius 2 is 2.00 bits per heavy atom. The number of allylic oxidation sites excluding steroid dienone is 1. The van der Waals surface area contributed by atoms with Crippen molar-refractivity contribution in [2.45, 2.75) is 0 Å². The van der Waals surface area contributed by atoms with Gasteiger partial charge in [-0.15, -0.1) is 11.3 Å². The van der Waals surface area contributed by atoms with Crippen LogP contribution in [0, 0.1) is 0 Å². The first-order valence-corrected chi connectivity index (χ1v) is 7.25. The molecule has 7 heteroatoms. The fourth-order valence-corrected chi connectivity index (χ4v) is 2.29. The minimum Gasteiger partial charge on any atom is -0.308 e. The third-order valence-electron chi connectivity index (χ3n) is 2.19. The van der Waals surface area contributed by atoms with Crippen molar-refractivity contribution >= 4 is 56.5 Å². The fourth-order valence-electron chi connectivity index (χ4n) is 1.35. The van der Waals surface area contributed by atoms with Gasteiger partial charge in [0.25, 0.3) is 0 Å². The Morgan fingerprint density at radius 1 is 1.25 bits per heavy atom. The number of halogens is 1. The highest BCUT2D eigenvalue weighted by molar-refractivity contribution is 9.10. The zero-order valence-corrected chi connectivity index (χ0v) is 12.6. The second-order valence-electron chi connectivity index (χ2n) is 3.66. The predicted molar refractivity (Wildman–Crippen MR) is 84.0 cm³/mol. The number of aldehydes is 1. The summed E-state index contributed by atoms with van der Waals surface area (Å²) in [5.41, 5.74) is 1.31. The summed E-state index contributed by atoms with van der Waals surface area (Å²) in [6.07, 6.45) is 3.59. The molecule has 1 aromatic heterocycles. The summed E-state index contributed by atoms with van der Waals surface area (Å²) in [5.74, 6) is 0. The number of carbonyl (C=O) groups excluding carboxylic acids is 2. The van der Waals surface area contributed by atoms with Crippen molar-refractivity contribution in [3.8, 4) is 0 Å². The molecule has 2 amide bonds. The minimum absolute atomic E-state index is 0.368. The topological polar surface area (TPSA) is 71.1 Å². The molecule has 0 aliphatic carbocycles. The summed E-state index contributed by atoms with van der Waals surface area (Å²) < 4.78 is 0.940. The van der Waals surface area contributed by atoms with Crippen LogP contribution in [0.4, 0.5) is 15.6 Å². The Morgan fingerprint density at radius 3 is 2.70 bits per heavy atom. The monoisotopic (exact) mass is 351 g/mol. The molecule has 0 radical (unpaired) electrons. The molecule has 102 valence electrons. The molecule has 0 aliphatic rings. The van der Waals surface area contributed by atoms with Gasteiger partial charge in [0.05, 0.1) is 5.69 Å². The van der Waals surface area contributed by atoms with Gasteiger partial charge in [-0.05, 0) is 36.4 Å². The first kappa shape index (κ1) is 14.4. The van der Waals surface area contributed by atoms with Crippen molar-refractivity contribution < 1.29 is 9.59 Å². The van der Waals surface area contributed by atoms with Gasteiger partial charge in [-0.2, -0.15) is 0 Å². The van der Waals surface area contributed by atoms with Crippen LogP contribution in [0.5, 0.6) is 0 Å². The standard InChI is InChI=1S/C13H10BrN3O2S/c14-9-3-5-10(6-4-9)15-12(19)17-13-16-11(8-20-13)2-1-7-18/h1-8H,(H2,15,16,17,19). The van der Waals surface area contributed by atoms with E-state index in [-0.39, 0.29) is 6.03 Å². The van der Waals surface area contributed by atoms with Gasteiger partial charge >= 0.3 is 6.03 Å². The zero-order chi connectivity index (χ0) is 14.4. The molecule has 0 aliphatic heterocycles. The van der Waals surface area contributed by atoms with Crippen LogP contribution in [-0.2, 0) is 4.79 Å². The SMILES string of the molecule is O=CC=Cc1csc(NC(=O)Nc2ccc(Br)cc2)n1. The van der Waals surface area contributed by atoms with E-state index < -0.39 is 0 Å². The molecule has 1 aromatic carbocycles. The number of aromatic nitrogens is 1. The number of thiazole rings is 1. The van der Waals surface area contributed by atoms with Crippen molar-refractivity contribution in [3.63, 3.8) is 0 Å². The lowest BCUT2D eigenvalue weighted by Gasteiger charge is -2.05. The molecule has 1 heterocycles. The lowest BCUT2D eigenvalue weighted by molar-refractivity contribution is -0.104. The average Bonchev–Trinajstić information content (AvgIpc) is 2.86. The lowest BCUT2D eigenvalue weighted by atomic mass is 10.3. The van der Waals surface area contributed by atoms with Crippen molar-refractivity contribution in [1.29, 1.82) is 0 Å². The molecule has 0 atom stereocenters. The number of benzene rings is 1. The average molecular weight is 352 g/mol. The smallest absolute Gasteiger partial charge is 0.308 e. The molecule has 2 rings (SSSR count). The van der Waals surface area contributed by atoms with Crippen molar-refractivity contribution in [3.05, 3.63) is 45.9 Å². The van der Waals surface area contributed by atoms with Crippen LogP contribution in [0.2, 0.25) is 0 Å². The third kappa shape index (κ3) is 4.29. The molecule has 0 saturated heterocycles. The van der Waals surface area contributed by atoms with Gasteiger partial charge in [-0.25, -0.2) is 9.78 Å². The Labute approximate surface area is 127 Å². The third-order valence-corrected chi connectivity index (χ3v) is 3.49. The zero-order valence-electron chi connectivity index (χ0n) is 10.2. The molecular formula is C13H10BrN3O2S. The number of rotatable bonds is 4. The number of carbonyl (C=O) groups is 2. The van der Waals surface area contributed by atoms with Crippen LogP contribution in [-0.4, -0.2) is 17.3 Å². The number of hydrogen-bond donors (Lipinski definition) is 2. The summed E-state index contributed by atoms with van der Waals surface area (Å²) >= 11 is 4.60. The van der Waals surface area contributed by atoms with Crippen LogP contribution in [0.3, 0.4) is 0 Å². The maximum Gasteiger partial charge on any atom is 0.325 e. The fraction of sp³-hybridized carbons (Fsp3) is 0. The predicted octanol–water partition coefficient (Wildman–Crippen LogP) is 3.76. The summed E-state index contributed by atoms with van der Waals surface area (Å²) in [5, 5.41) is 7.53. The lowest BCUT2D eigenvalue weighted by Crippen LogP contribution is -2.19. The molecule has 0 saturated carbocycles. The van der Waals surface area contributed by atoms with E-state index in [0.29, 0.717) is 22.8 Å². The van der Waals surface area contributed by atoms with Gasteiger partial charge < -0.3 is 5.32 Å². The molecule has 5 nitrogen and oxygen atoms in total. The van der Waals surface area contributed by atoms with Gasteiger partial charge in [-0.3, -0.25) is 10.1 Å². The van der Waals surface area contributed by atoms with Crippen molar-refractivity contribution in [2.24, 2.45) is 0 Å². The molecule has 0 spiro atoms. The number of urea groups is 1. The summed E-state index contributed by atoms with van der Waals surface area (Å²) in [6.45, 7) is 0. The van der Waals surface area contributed by atoms with E-state index in [9.17, 15) is 9.59 Å². The number of hydrogen-bond acceptors (Lipinski definition) is 4. The van der Waals surface area contributed by atoms with E-state index in [1.54, 1.807) is 23.6 Å². The highest BCUT2D eigenvalue weighted by atomic mass is 79.9. The number of anilines is 2. The summed E-state index contributed by atoms with van der Waals surface area (Å²) in [4.78, 5) is 26.1. The maximum absolute atomic E-state index is 11.7. The van der Waals surface area contributed by atoms with E-state index >= 15 is 0 Å².